The lowest BCUT2D eigenvalue weighted by Crippen LogP contribution is -2.15. The lowest BCUT2D eigenvalue weighted by Gasteiger charge is -2.11. The molecular weight excluding hydrogens is 262 g/mol. The third kappa shape index (κ3) is 4.93. The van der Waals surface area contributed by atoms with Gasteiger partial charge in [-0.25, -0.2) is 8.42 Å². The van der Waals surface area contributed by atoms with Crippen molar-refractivity contribution in [1.29, 1.82) is 0 Å². The van der Waals surface area contributed by atoms with Crippen LogP contribution in [-0.2, 0) is 16.4 Å². The molecule has 4 nitrogen and oxygen atoms in total. The molecule has 0 amide bonds. The highest BCUT2D eigenvalue weighted by Gasteiger charge is 2.09. The number of aryl methyl sites for hydroxylation is 1. The molecule has 1 rings (SSSR count). The Morgan fingerprint density at radius 1 is 1.32 bits per heavy atom. The summed E-state index contributed by atoms with van der Waals surface area (Å²) in [6.45, 7) is 3.61. The fourth-order valence-electron chi connectivity index (χ4n) is 1.52. The van der Waals surface area contributed by atoms with Gasteiger partial charge in [0, 0.05) is 12.0 Å². The molecule has 1 aromatic rings. The summed E-state index contributed by atoms with van der Waals surface area (Å²) in [5, 5.41) is 8.66. The Bertz CT molecular complexity index is 582. The fraction of sp³-hybridized carbons (Fsp3) is 0.429. The normalized spacial score (nSPS) is 10.7. The van der Waals surface area contributed by atoms with Crippen LogP contribution in [0, 0.1) is 11.8 Å². The maximum Gasteiger partial charge on any atom is 0.232 e. The first kappa shape index (κ1) is 15.5. The van der Waals surface area contributed by atoms with Crippen molar-refractivity contribution in [3.63, 3.8) is 0 Å². The number of benzene rings is 1. The third-order valence-electron chi connectivity index (χ3n) is 2.60. The minimum absolute atomic E-state index is 0.0437. The van der Waals surface area contributed by atoms with Gasteiger partial charge in [-0.2, -0.15) is 0 Å². The molecule has 0 heterocycles. The van der Waals surface area contributed by atoms with E-state index in [0.717, 1.165) is 17.5 Å². The predicted molar refractivity (Wildman–Crippen MR) is 77.5 cm³/mol. The zero-order chi connectivity index (χ0) is 14.3. The van der Waals surface area contributed by atoms with E-state index in [0.29, 0.717) is 12.1 Å². The van der Waals surface area contributed by atoms with E-state index in [2.05, 4.69) is 16.6 Å². The maximum absolute atomic E-state index is 11.6. The number of rotatable bonds is 5. The fourth-order valence-corrected chi connectivity index (χ4v) is 2.20. The molecule has 0 spiro atoms. The van der Waals surface area contributed by atoms with Gasteiger partial charge in [0.1, 0.15) is 0 Å². The van der Waals surface area contributed by atoms with E-state index < -0.39 is 10.0 Å². The smallest absolute Gasteiger partial charge is 0.232 e. The van der Waals surface area contributed by atoms with E-state index in [-0.39, 0.29) is 12.4 Å². The molecule has 0 aliphatic carbocycles. The van der Waals surface area contributed by atoms with Crippen molar-refractivity contribution in [2.75, 3.05) is 17.1 Å². The minimum atomic E-state index is -3.26. The topological polar surface area (TPSA) is 66.4 Å². The first-order chi connectivity index (χ1) is 9.02. The zero-order valence-electron chi connectivity index (χ0n) is 11.2. The predicted octanol–water partition coefficient (Wildman–Crippen LogP) is 1.74. The minimum Gasteiger partial charge on any atom is -0.395 e. The molecule has 0 saturated carbocycles. The number of aliphatic hydroxyl groups is 1. The zero-order valence-corrected chi connectivity index (χ0v) is 12.0. The maximum atomic E-state index is 11.6. The van der Waals surface area contributed by atoms with Crippen LogP contribution in [0.4, 0.5) is 5.69 Å². The van der Waals surface area contributed by atoms with Crippen LogP contribution in [0.1, 0.15) is 31.4 Å². The van der Waals surface area contributed by atoms with Crippen molar-refractivity contribution in [2.24, 2.45) is 0 Å². The lowest BCUT2D eigenvalue weighted by atomic mass is 10.1. The largest absolute Gasteiger partial charge is 0.395 e. The van der Waals surface area contributed by atoms with Crippen LogP contribution < -0.4 is 4.72 Å². The Morgan fingerprint density at radius 2 is 2.05 bits per heavy atom. The van der Waals surface area contributed by atoms with Gasteiger partial charge >= 0.3 is 0 Å². The van der Waals surface area contributed by atoms with Gasteiger partial charge in [0.2, 0.25) is 10.0 Å². The van der Waals surface area contributed by atoms with Gasteiger partial charge in [-0.1, -0.05) is 18.8 Å². The second kappa shape index (κ2) is 7.17. The van der Waals surface area contributed by atoms with Gasteiger partial charge in [-0.3, -0.25) is 4.72 Å². The number of anilines is 1. The number of hydrogen-bond acceptors (Lipinski definition) is 3. The van der Waals surface area contributed by atoms with Gasteiger partial charge in [-0.15, -0.1) is 0 Å². The molecular formula is C14H19NO3S. The SMILES string of the molecule is CCc1cc(C#CCCO)ccc1NS(=O)(=O)CC. The highest BCUT2D eigenvalue weighted by atomic mass is 32.2. The summed E-state index contributed by atoms with van der Waals surface area (Å²) >= 11 is 0. The summed E-state index contributed by atoms with van der Waals surface area (Å²) in [5.74, 6) is 5.83. The molecule has 1 aromatic carbocycles. The summed E-state index contributed by atoms with van der Waals surface area (Å²) in [7, 11) is -3.26. The second-order valence-corrected chi connectivity index (χ2v) is 6.02. The molecule has 0 aliphatic rings. The molecule has 0 bridgehead atoms. The Hall–Kier alpha value is -1.51. The Morgan fingerprint density at radius 3 is 2.63 bits per heavy atom. The Kier molecular flexibility index (Phi) is 5.87. The molecule has 2 N–H and O–H groups in total. The Balaban J connectivity index is 3.01. The average molecular weight is 281 g/mol. The van der Waals surface area contributed by atoms with Crippen molar-refractivity contribution in [3.05, 3.63) is 29.3 Å². The van der Waals surface area contributed by atoms with E-state index in [9.17, 15) is 8.42 Å². The van der Waals surface area contributed by atoms with Crippen LogP contribution in [0.25, 0.3) is 0 Å². The van der Waals surface area contributed by atoms with Gasteiger partial charge in [-0.05, 0) is 37.1 Å². The number of hydrogen-bond donors (Lipinski definition) is 2. The number of nitrogens with one attached hydrogen (secondary N) is 1. The quantitative estimate of drug-likeness (QED) is 0.808. The van der Waals surface area contributed by atoms with Crippen molar-refractivity contribution in [2.45, 2.75) is 26.7 Å². The van der Waals surface area contributed by atoms with Gasteiger partial charge in [0.15, 0.2) is 0 Å². The number of sulfonamides is 1. The standard InChI is InChI=1S/C14H19NO3S/c1-3-13-11-12(7-5-6-10-16)8-9-14(13)15-19(17,18)4-2/h8-9,11,15-16H,3-4,6,10H2,1-2H3. The molecule has 0 aliphatic heterocycles. The molecule has 19 heavy (non-hydrogen) atoms. The second-order valence-electron chi connectivity index (χ2n) is 4.01. The van der Waals surface area contributed by atoms with Gasteiger partial charge in [0.25, 0.3) is 0 Å². The first-order valence-electron chi connectivity index (χ1n) is 6.25. The van der Waals surface area contributed by atoms with E-state index in [4.69, 9.17) is 5.11 Å². The molecule has 0 aromatic heterocycles. The third-order valence-corrected chi connectivity index (χ3v) is 3.89. The molecule has 104 valence electrons. The highest BCUT2D eigenvalue weighted by molar-refractivity contribution is 7.92. The summed E-state index contributed by atoms with van der Waals surface area (Å²) in [5.41, 5.74) is 2.34. The van der Waals surface area contributed by atoms with Crippen LogP contribution in [-0.4, -0.2) is 25.9 Å². The first-order valence-corrected chi connectivity index (χ1v) is 7.90. The summed E-state index contributed by atoms with van der Waals surface area (Å²) in [6, 6.07) is 5.38. The van der Waals surface area contributed by atoms with Crippen LogP contribution in [0.2, 0.25) is 0 Å². The van der Waals surface area contributed by atoms with Crippen molar-refractivity contribution in [3.8, 4) is 11.8 Å². The van der Waals surface area contributed by atoms with E-state index >= 15 is 0 Å². The van der Waals surface area contributed by atoms with E-state index in [1.807, 2.05) is 13.0 Å². The van der Waals surface area contributed by atoms with Crippen LogP contribution in [0.3, 0.4) is 0 Å². The summed E-state index contributed by atoms with van der Waals surface area (Å²) in [6.07, 6.45) is 1.16. The molecule has 0 atom stereocenters. The van der Waals surface area contributed by atoms with E-state index in [1.165, 1.54) is 0 Å². The van der Waals surface area contributed by atoms with Crippen LogP contribution in [0.15, 0.2) is 18.2 Å². The van der Waals surface area contributed by atoms with Crippen LogP contribution in [0.5, 0.6) is 0 Å². The van der Waals surface area contributed by atoms with E-state index in [1.54, 1.807) is 19.1 Å². The van der Waals surface area contributed by atoms with Crippen molar-refractivity contribution >= 4 is 15.7 Å². The van der Waals surface area contributed by atoms with Crippen molar-refractivity contribution < 1.29 is 13.5 Å². The lowest BCUT2D eigenvalue weighted by molar-refractivity contribution is 0.305. The van der Waals surface area contributed by atoms with Gasteiger partial charge in [0.05, 0.1) is 18.0 Å². The summed E-state index contributed by atoms with van der Waals surface area (Å²) < 4.78 is 25.7. The summed E-state index contributed by atoms with van der Waals surface area (Å²) in [4.78, 5) is 0. The van der Waals surface area contributed by atoms with Crippen LogP contribution >= 0.6 is 0 Å². The average Bonchev–Trinajstić information content (AvgIpc) is 2.40. The Labute approximate surface area is 114 Å². The van der Waals surface area contributed by atoms with Crippen molar-refractivity contribution in [1.82, 2.24) is 0 Å². The number of aliphatic hydroxyl groups excluding tert-OH is 1. The highest BCUT2D eigenvalue weighted by Crippen LogP contribution is 2.19. The molecule has 0 fully saturated rings. The molecule has 5 heteroatoms. The van der Waals surface area contributed by atoms with Gasteiger partial charge < -0.3 is 5.11 Å². The molecule has 0 radical (unpaired) electrons. The molecule has 0 saturated heterocycles. The molecule has 0 unspecified atom stereocenters. The monoisotopic (exact) mass is 281 g/mol.